The van der Waals surface area contributed by atoms with Gasteiger partial charge in [0.25, 0.3) is 0 Å². The Balaban J connectivity index is 1.06. The molecular weight excluding hydrogens is 687 g/mol. The predicted octanol–water partition coefficient (Wildman–Crippen LogP) is 11.6. The molecule has 7 heteroatoms. The van der Waals surface area contributed by atoms with E-state index in [0.29, 0.717) is 17.5 Å². The number of benzene rings is 6. The second-order valence-corrected chi connectivity index (χ2v) is 13.8. The van der Waals surface area contributed by atoms with Gasteiger partial charge in [-0.25, -0.2) is 24.9 Å². The van der Waals surface area contributed by atoms with Crippen LogP contribution in [-0.2, 0) is 0 Å². The Bertz CT molecular complexity index is 3150. The molecule has 0 aliphatic heterocycles. The highest BCUT2D eigenvalue weighted by Gasteiger charge is 2.16. The van der Waals surface area contributed by atoms with Crippen molar-refractivity contribution in [2.45, 2.75) is 0 Å². The molecule has 5 aromatic heterocycles. The Labute approximate surface area is 321 Å². The topological polar surface area (TPSA) is 90.2 Å². The van der Waals surface area contributed by atoms with Crippen LogP contribution >= 0.6 is 0 Å². The monoisotopic (exact) mass is 715 g/mol. The van der Waals surface area contributed by atoms with Gasteiger partial charge in [-0.3, -0.25) is 9.97 Å². The molecule has 260 valence electrons. The first kappa shape index (κ1) is 31.7. The second-order valence-electron chi connectivity index (χ2n) is 13.8. The lowest BCUT2D eigenvalue weighted by atomic mass is 10.0. The van der Waals surface area contributed by atoms with Crippen molar-refractivity contribution in [3.63, 3.8) is 0 Å². The Morgan fingerprint density at radius 3 is 1.32 bits per heavy atom. The van der Waals surface area contributed by atoms with Crippen molar-refractivity contribution >= 4 is 54.4 Å². The van der Waals surface area contributed by atoms with Crippen LogP contribution in [0.25, 0.3) is 111 Å². The molecule has 0 aliphatic rings. The normalized spacial score (nSPS) is 11.6. The molecule has 0 saturated carbocycles. The summed E-state index contributed by atoms with van der Waals surface area (Å²) in [6, 6.07) is 55.8. The number of fused-ring (bicyclic) bond motifs is 7. The Morgan fingerprint density at radius 2 is 0.732 bits per heavy atom. The maximum absolute atomic E-state index is 5.15. The van der Waals surface area contributed by atoms with Gasteiger partial charge in [-0.15, -0.1) is 0 Å². The summed E-state index contributed by atoms with van der Waals surface area (Å²) in [5, 5.41) is 6.40. The van der Waals surface area contributed by atoms with Gasteiger partial charge in [0.15, 0.2) is 17.5 Å². The molecule has 0 atom stereocenters. The molecule has 0 radical (unpaired) electrons. The lowest BCUT2D eigenvalue weighted by Crippen LogP contribution is -2.01. The quantitative estimate of drug-likeness (QED) is 0.164. The summed E-state index contributed by atoms with van der Waals surface area (Å²) >= 11 is 0. The molecule has 0 aliphatic carbocycles. The van der Waals surface area contributed by atoms with E-state index < -0.39 is 0 Å². The summed E-state index contributed by atoms with van der Waals surface area (Å²) in [6.45, 7) is 0. The van der Waals surface area contributed by atoms with E-state index in [1.54, 1.807) is 0 Å². The van der Waals surface area contributed by atoms with Crippen molar-refractivity contribution in [3.05, 3.63) is 176 Å². The molecule has 0 fully saturated rings. The summed E-state index contributed by atoms with van der Waals surface area (Å²) in [4.78, 5) is 35.0. The highest BCUT2D eigenvalue weighted by atomic mass is 15.0. The van der Waals surface area contributed by atoms with Crippen LogP contribution in [0.1, 0.15) is 0 Å². The van der Waals surface area contributed by atoms with E-state index in [-0.39, 0.29) is 0 Å². The van der Waals surface area contributed by atoms with Gasteiger partial charge in [0.05, 0.1) is 33.5 Å². The average Bonchev–Trinajstić information content (AvgIpc) is 3.28. The third-order valence-corrected chi connectivity index (χ3v) is 10.4. The van der Waals surface area contributed by atoms with Gasteiger partial charge < -0.3 is 0 Å². The van der Waals surface area contributed by atoms with Crippen molar-refractivity contribution in [2.24, 2.45) is 0 Å². The third-order valence-electron chi connectivity index (χ3n) is 10.4. The van der Waals surface area contributed by atoms with E-state index >= 15 is 0 Å². The maximum atomic E-state index is 5.15. The molecule has 0 bridgehead atoms. The number of aromatic nitrogens is 7. The van der Waals surface area contributed by atoms with Gasteiger partial charge in [0.1, 0.15) is 0 Å². The molecule has 11 rings (SSSR count). The SMILES string of the molecule is c1cc(-c2ccc3ccc4cccnc4c3n2)cc(-c2nc(-c3cccc(-c4ccc5ccc6cccnc6c5n4)c3)nc(-c3cccc4ccccc34)n2)c1. The van der Waals surface area contributed by atoms with Crippen LogP contribution in [0.5, 0.6) is 0 Å². The van der Waals surface area contributed by atoms with Crippen LogP contribution in [-0.4, -0.2) is 34.9 Å². The standard InChI is InChI=1S/C49H29N7/c1-2-16-39-30(8-1)9-5-17-40(39)49-55-47(37-12-3-10-35(28-37)41-24-22-33-20-18-31-14-6-26-50-43(31)45(33)52-41)54-48(56-49)38-13-4-11-36(29-38)42-25-23-34-21-19-32-15-7-27-51-44(32)46(34)53-42/h1-29H. The van der Waals surface area contributed by atoms with Crippen LogP contribution < -0.4 is 0 Å². The zero-order chi connectivity index (χ0) is 37.0. The first-order chi connectivity index (χ1) is 27.7. The summed E-state index contributed by atoms with van der Waals surface area (Å²) in [5.74, 6) is 1.74. The molecular formula is C49H29N7. The zero-order valence-electron chi connectivity index (χ0n) is 29.9. The number of pyridine rings is 4. The van der Waals surface area contributed by atoms with Crippen LogP contribution in [0, 0.1) is 0 Å². The molecule has 5 heterocycles. The summed E-state index contributed by atoms with van der Waals surface area (Å²) < 4.78 is 0. The Kier molecular flexibility index (Phi) is 7.35. The summed E-state index contributed by atoms with van der Waals surface area (Å²) in [6.07, 6.45) is 3.63. The fourth-order valence-electron chi connectivity index (χ4n) is 7.58. The molecule has 0 N–H and O–H groups in total. The minimum Gasteiger partial charge on any atom is -0.254 e. The first-order valence-electron chi connectivity index (χ1n) is 18.5. The Morgan fingerprint density at radius 1 is 0.286 bits per heavy atom. The maximum Gasteiger partial charge on any atom is 0.164 e. The number of nitrogens with zero attached hydrogens (tertiary/aromatic N) is 7. The predicted molar refractivity (Wildman–Crippen MR) is 226 cm³/mol. The van der Waals surface area contributed by atoms with Gasteiger partial charge in [-0.2, -0.15) is 0 Å². The van der Waals surface area contributed by atoms with E-state index in [9.17, 15) is 0 Å². The largest absolute Gasteiger partial charge is 0.254 e. The lowest BCUT2D eigenvalue weighted by Gasteiger charge is -2.12. The zero-order valence-corrected chi connectivity index (χ0v) is 29.9. The second kappa shape index (κ2) is 13.0. The number of rotatable bonds is 5. The van der Waals surface area contributed by atoms with Gasteiger partial charge in [-0.1, -0.05) is 127 Å². The highest BCUT2D eigenvalue weighted by Crippen LogP contribution is 2.34. The van der Waals surface area contributed by atoms with E-state index in [1.165, 1.54) is 0 Å². The smallest absolute Gasteiger partial charge is 0.164 e. The Hall–Kier alpha value is -7.77. The number of hydrogen-bond acceptors (Lipinski definition) is 7. The average molecular weight is 716 g/mol. The van der Waals surface area contributed by atoms with Crippen LogP contribution in [0.3, 0.4) is 0 Å². The molecule has 11 aromatic rings. The summed E-state index contributed by atoms with van der Waals surface area (Å²) in [7, 11) is 0. The van der Waals surface area contributed by atoms with Crippen LogP contribution in [0.4, 0.5) is 0 Å². The van der Waals surface area contributed by atoms with Crippen LogP contribution in [0.15, 0.2) is 176 Å². The molecule has 7 nitrogen and oxygen atoms in total. The van der Waals surface area contributed by atoms with E-state index in [4.69, 9.17) is 24.9 Å². The molecule has 6 aromatic carbocycles. The molecule has 0 saturated heterocycles. The fourth-order valence-corrected chi connectivity index (χ4v) is 7.58. The van der Waals surface area contributed by atoms with E-state index in [0.717, 1.165) is 93.6 Å². The van der Waals surface area contributed by atoms with E-state index in [1.807, 2.05) is 60.9 Å². The lowest BCUT2D eigenvalue weighted by molar-refractivity contribution is 1.08. The summed E-state index contributed by atoms with van der Waals surface area (Å²) in [5.41, 5.74) is 9.77. The van der Waals surface area contributed by atoms with Gasteiger partial charge >= 0.3 is 0 Å². The van der Waals surface area contributed by atoms with Gasteiger partial charge in [-0.05, 0) is 47.2 Å². The van der Waals surface area contributed by atoms with Gasteiger partial charge in [0.2, 0.25) is 0 Å². The highest BCUT2D eigenvalue weighted by molar-refractivity contribution is 6.04. The van der Waals surface area contributed by atoms with Crippen molar-refractivity contribution in [1.82, 2.24) is 34.9 Å². The fraction of sp³-hybridized carbons (Fsp3) is 0. The minimum atomic E-state index is 0.569. The minimum absolute atomic E-state index is 0.569. The van der Waals surface area contributed by atoms with Crippen molar-refractivity contribution in [1.29, 1.82) is 0 Å². The van der Waals surface area contributed by atoms with Crippen LogP contribution in [0.2, 0.25) is 0 Å². The molecule has 56 heavy (non-hydrogen) atoms. The first-order valence-corrected chi connectivity index (χ1v) is 18.5. The van der Waals surface area contributed by atoms with Crippen molar-refractivity contribution in [3.8, 4) is 56.7 Å². The van der Waals surface area contributed by atoms with E-state index in [2.05, 4.69) is 125 Å². The molecule has 0 spiro atoms. The number of hydrogen-bond donors (Lipinski definition) is 0. The van der Waals surface area contributed by atoms with Gasteiger partial charge in [0, 0.05) is 61.8 Å². The molecule has 0 amide bonds. The van der Waals surface area contributed by atoms with Crippen molar-refractivity contribution < 1.29 is 0 Å². The molecule has 0 unspecified atom stereocenters. The third kappa shape index (κ3) is 5.49. The van der Waals surface area contributed by atoms with Crippen molar-refractivity contribution in [2.75, 3.05) is 0 Å².